The van der Waals surface area contributed by atoms with E-state index in [0.29, 0.717) is 5.56 Å². The van der Waals surface area contributed by atoms with Gasteiger partial charge in [-0.25, -0.2) is 9.59 Å². The summed E-state index contributed by atoms with van der Waals surface area (Å²) < 4.78 is 54.9. The van der Waals surface area contributed by atoms with Gasteiger partial charge < -0.3 is 14.2 Å². The van der Waals surface area contributed by atoms with Gasteiger partial charge in [0.1, 0.15) is 24.0 Å². The number of carbonyl (C=O) groups is 2. The highest BCUT2D eigenvalue weighted by molar-refractivity contribution is 5.88. The van der Waals surface area contributed by atoms with E-state index >= 15 is 0 Å². The second-order valence-corrected chi connectivity index (χ2v) is 5.93. The van der Waals surface area contributed by atoms with Gasteiger partial charge in [-0.1, -0.05) is 31.4 Å². The number of ether oxygens (including phenoxy) is 3. The highest BCUT2D eigenvalue weighted by Crippen LogP contribution is 2.39. The molecule has 0 aliphatic carbocycles. The third-order valence-corrected chi connectivity index (χ3v) is 3.63. The zero-order valence-electron chi connectivity index (χ0n) is 15.9. The largest absolute Gasteiger partial charge is 0.461 e. The van der Waals surface area contributed by atoms with Gasteiger partial charge in [-0.3, -0.25) is 0 Å². The summed E-state index contributed by atoms with van der Waals surface area (Å²) in [6.07, 6.45) is -2.17. The zero-order valence-corrected chi connectivity index (χ0v) is 15.9. The third-order valence-electron chi connectivity index (χ3n) is 3.63. The third kappa shape index (κ3) is 6.10. The molecule has 30 heavy (non-hydrogen) atoms. The predicted octanol–water partition coefficient (Wildman–Crippen LogP) is 5.43. The molecular weight excluding hydrogens is 401 g/mol. The molecule has 156 valence electrons. The maximum Gasteiger partial charge on any atom is 0.420 e. The lowest BCUT2D eigenvalue weighted by molar-refractivity contribution is -0.138. The summed E-state index contributed by atoms with van der Waals surface area (Å²) >= 11 is 0. The van der Waals surface area contributed by atoms with Crippen molar-refractivity contribution in [3.8, 4) is 22.6 Å². The first kappa shape index (κ1) is 22.5. The lowest BCUT2D eigenvalue weighted by Gasteiger charge is -2.14. The first-order valence-corrected chi connectivity index (χ1v) is 8.46. The molecule has 0 unspecified atom stereocenters. The average Bonchev–Trinajstić information content (AvgIpc) is 2.70. The molecule has 0 N–H and O–H groups in total. The van der Waals surface area contributed by atoms with E-state index in [1.807, 2.05) is 0 Å². The summed E-state index contributed by atoms with van der Waals surface area (Å²) in [4.78, 5) is 22.4. The van der Waals surface area contributed by atoms with Gasteiger partial charge in [-0.05, 0) is 42.3 Å². The van der Waals surface area contributed by atoms with Gasteiger partial charge in [0.05, 0.1) is 5.56 Å². The number of hydrogen-bond acceptors (Lipinski definition) is 5. The van der Waals surface area contributed by atoms with Crippen molar-refractivity contribution < 1.29 is 37.0 Å². The second-order valence-electron chi connectivity index (χ2n) is 5.93. The molecule has 0 saturated heterocycles. The van der Waals surface area contributed by atoms with Crippen LogP contribution in [0.4, 0.5) is 13.2 Å². The van der Waals surface area contributed by atoms with Crippen LogP contribution >= 0.6 is 0 Å². The Bertz CT molecular complexity index is 989. The standard InChI is InChI=1S/C22H17F3O5/c1-4-20(26)29-12-11-28-19-10-7-16(13-18(19)22(23,24)25)15-5-8-17(9-6-15)30-21(27)14(2)3/h4-13H,1-2H2,3H3/b12-11-. The van der Waals surface area contributed by atoms with Crippen molar-refractivity contribution in [1.29, 1.82) is 0 Å². The minimum atomic E-state index is -4.69. The Morgan fingerprint density at radius 3 is 2.20 bits per heavy atom. The molecule has 0 radical (unpaired) electrons. The monoisotopic (exact) mass is 418 g/mol. The van der Waals surface area contributed by atoms with Crippen molar-refractivity contribution in [1.82, 2.24) is 0 Å². The highest BCUT2D eigenvalue weighted by Gasteiger charge is 2.34. The van der Waals surface area contributed by atoms with E-state index in [1.54, 1.807) is 0 Å². The molecule has 0 aromatic heterocycles. The smallest absolute Gasteiger partial charge is 0.420 e. The molecule has 8 heteroatoms. The van der Waals surface area contributed by atoms with Crippen molar-refractivity contribution in [3.05, 3.63) is 85.4 Å². The summed E-state index contributed by atoms with van der Waals surface area (Å²) in [7, 11) is 0. The van der Waals surface area contributed by atoms with Crippen LogP contribution in [0.15, 0.2) is 79.8 Å². The minimum Gasteiger partial charge on any atom is -0.461 e. The minimum absolute atomic E-state index is 0.220. The molecule has 0 spiro atoms. The van der Waals surface area contributed by atoms with Crippen LogP contribution in [0.2, 0.25) is 0 Å². The van der Waals surface area contributed by atoms with E-state index in [2.05, 4.69) is 17.9 Å². The van der Waals surface area contributed by atoms with Gasteiger partial charge >= 0.3 is 18.1 Å². The second kappa shape index (κ2) is 9.60. The van der Waals surface area contributed by atoms with Crippen LogP contribution in [0, 0.1) is 0 Å². The van der Waals surface area contributed by atoms with Gasteiger partial charge in [0.15, 0.2) is 0 Å². The summed E-state index contributed by atoms with van der Waals surface area (Å²) in [5.41, 5.74) is -0.0533. The molecule has 0 aliphatic rings. The Morgan fingerprint density at radius 1 is 1.00 bits per heavy atom. The van der Waals surface area contributed by atoms with E-state index in [4.69, 9.17) is 9.47 Å². The van der Waals surface area contributed by atoms with Crippen LogP contribution in [0.1, 0.15) is 12.5 Å². The maximum absolute atomic E-state index is 13.5. The Kier molecular flexibility index (Phi) is 7.19. The van der Waals surface area contributed by atoms with Crippen molar-refractivity contribution >= 4 is 11.9 Å². The number of alkyl halides is 3. The molecule has 0 atom stereocenters. The predicted molar refractivity (Wildman–Crippen MR) is 103 cm³/mol. The van der Waals surface area contributed by atoms with Crippen LogP contribution in [0.25, 0.3) is 11.1 Å². The number of rotatable bonds is 7. The molecule has 2 aromatic rings. The van der Waals surface area contributed by atoms with Gasteiger partial charge in [-0.2, -0.15) is 13.2 Å². The van der Waals surface area contributed by atoms with E-state index in [1.165, 1.54) is 37.3 Å². The van der Waals surface area contributed by atoms with Gasteiger partial charge in [-0.15, -0.1) is 0 Å². The summed E-state index contributed by atoms with van der Waals surface area (Å²) in [6, 6.07) is 9.47. The molecule has 0 saturated carbocycles. The van der Waals surface area contributed by atoms with E-state index in [9.17, 15) is 22.8 Å². The van der Waals surface area contributed by atoms with Gasteiger partial charge in [0.25, 0.3) is 0 Å². The Hall–Kier alpha value is -3.81. The van der Waals surface area contributed by atoms with Crippen molar-refractivity contribution in [2.24, 2.45) is 0 Å². The fourth-order valence-electron chi connectivity index (χ4n) is 2.19. The zero-order chi connectivity index (χ0) is 22.3. The number of carbonyl (C=O) groups excluding carboxylic acids is 2. The lowest BCUT2D eigenvalue weighted by Crippen LogP contribution is -2.08. The first-order valence-electron chi connectivity index (χ1n) is 8.46. The van der Waals surface area contributed by atoms with Crippen molar-refractivity contribution in [2.45, 2.75) is 13.1 Å². The molecule has 0 fully saturated rings. The number of hydrogen-bond donors (Lipinski definition) is 0. The quantitative estimate of drug-likeness (QED) is 0.260. The normalized spacial score (nSPS) is 11.1. The van der Waals surface area contributed by atoms with Crippen LogP contribution < -0.4 is 9.47 Å². The van der Waals surface area contributed by atoms with Crippen molar-refractivity contribution in [2.75, 3.05) is 0 Å². The van der Waals surface area contributed by atoms with Crippen LogP contribution in [0.5, 0.6) is 11.5 Å². The summed E-state index contributed by atoms with van der Waals surface area (Å²) in [6.45, 7) is 8.15. The molecular formula is C22H17F3O5. The maximum atomic E-state index is 13.5. The van der Waals surface area contributed by atoms with E-state index in [0.717, 1.165) is 30.7 Å². The summed E-state index contributed by atoms with van der Waals surface area (Å²) in [5.74, 6) is -1.61. The number of benzene rings is 2. The molecule has 0 bridgehead atoms. The Labute approximate surface area is 170 Å². The SMILES string of the molecule is C=CC(=O)O/C=C\Oc1ccc(-c2ccc(OC(=O)C(=C)C)cc2)cc1C(F)(F)F. The molecule has 2 aromatic carbocycles. The van der Waals surface area contributed by atoms with Crippen LogP contribution in [-0.4, -0.2) is 11.9 Å². The van der Waals surface area contributed by atoms with Crippen molar-refractivity contribution in [3.63, 3.8) is 0 Å². The fraction of sp³-hybridized carbons (Fsp3) is 0.0909. The molecule has 0 heterocycles. The highest BCUT2D eigenvalue weighted by atomic mass is 19.4. The Morgan fingerprint density at radius 2 is 1.63 bits per heavy atom. The number of esters is 2. The van der Waals surface area contributed by atoms with E-state index < -0.39 is 29.4 Å². The molecule has 0 amide bonds. The topological polar surface area (TPSA) is 61.8 Å². The molecule has 0 aliphatic heterocycles. The van der Waals surface area contributed by atoms with Crippen LogP contribution in [0.3, 0.4) is 0 Å². The number of halogens is 3. The Balaban J connectivity index is 2.25. The van der Waals surface area contributed by atoms with Gasteiger partial charge in [0, 0.05) is 11.6 Å². The van der Waals surface area contributed by atoms with Gasteiger partial charge in [0.2, 0.25) is 0 Å². The summed E-state index contributed by atoms with van der Waals surface area (Å²) in [5, 5.41) is 0. The molecule has 2 rings (SSSR count). The molecule has 5 nitrogen and oxygen atoms in total. The lowest BCUT2D eigenvalue weighted by atomic mass is 10.0. The first-order chi connectivity index (χ1) is 14.1. The van der Waals surface area contributed by atoms with Crippen LogP contribution in [-0.2, 0) is 20.5 Å². The fourth-order valence-corrected chi connectivity index (χ4v) is 2.19. The van der Waals surface area contributed by atoms with E-state index in [-0.39, 0.29) is 16.9 Å². The average molecular weight is 418 g/mol.